The number of para-hydroxylation sites is 1. The van der Waals surface area contributed by atoms with Gasteiger partial charge >= 0.3 is 0 Å². The lowest BCUT2D eigenvalue weighted by Gasteiger charge is -2.07. The Kier molecular flexibility index (Phi) is 2.67. The van der Waals surface area contributed by atoms with Crippen LogP contribution in [0.5, 0.6) is 0 Å². The van der Waals surface area contributed by atoms with E-state index < -0.39 is 0 Å². The predicted octanol–water partition coefficient (Wildman–Crippen LogP) is 3.93. The fourth-order valence-electron chi connectivity index (χ4n) is 2.10. The van der Waals surface area contributed by atoms with Crippen LogP contribution in [0, 0.1) is 12.7 Å². The Bertz CT molecular complexity index is 766. The summed E-state index contributed by atoms with van der Waals surface area (Å²) in [6.45, 7) is 1.79. The molecule has 0 amide bonds. The predicted molar refractivity (Wildman–Crippen MR) is 76.3 cm³/mol. The Morgan fingerprint density at radius 2 is 1.84 bits per heavy atom. The molecule has 0 spiro atoms. The van der Waals surface area contributed by atoms with Gasteiger partial charge in [-0.15, -0.1) is 0 Å². The number of nitrogens with two attached hydrogens (primary N) is 1. The molecule has 94 valence electrons. The summed E-state index contributed by atoms with van der Waals surface area (Å²) in [5.41, 5.74) is 9.04. The van der Waals surface area contributed by atoms with Gasteiger partial charge in [0.25, 0.3) is 0 Å². The minimum atomic E-state index is -0.297. The number of nitrogens with zero attached hydrogens (tertiary/aromatic N) is 1. The van der Waals surface area contributed by atoms with E-state index in [9.17, 15) is 4.39 Å². The van der Waals surface area contributed by atoms with E-state index in [0.29, 0.717) is 16.9 Å². The van der Waals surface area contributed by atoms with Crippen LogP contribution in [-0.4, -0.2) is 4.98 Å². The topological polar surface area (TPSA) is 38.9 Å². The second-order valence-electron chi connectivity index (χ2n) is 4.58. The van der Waals surface area contributed by atoms with E-state index in [1.165, 1.54) is 6.07 Å². The minimum absolute atomic E-state index is 0.297. The van der Waals surface area contributed by atoms with Gasteiger partial charge in [0.05, 0.1) is 11.2 Å². The molecule has 3 heteroatoms. The van der Waals surface area contributed by atoms with Gasteiger partial charge in [-0.3, -0.25) is 0 Å². The second-order valence-corrected chi connectivity index (χ2v) is 4.58. The molecule has 0 radical (unpaired) electrons. The van der Waals surface area contributed by atoms with Crippen molar-refractivity contribution in [2.75, 3.05) is 5.73 Å². The standard InChI is InChI=1S/C16H13FN2/c1-10-8-13(17)12(9-14(10)18)16-7-6-11-4-2-3-5-15(11)19-16/h2-9H,18H2,1H3. The highest BCUT2D eigenvalue weighted by Crippen LogP contribution is 2.27. The monoisotopic (exact) mass is 252 g/mol. The SMILES string of the molecule is Cc1cc(F)c(-c2ccc3ccccc3n2)cc1N. The molecule has 0 atom stereocenters. The molecule has 3 aromatic rings. The Morgan fingerprint density at radius 1 is 1.05 bits per heavy atom. The zero-order valence-corrected chi connectivity index (χ0v) is 10.5. The van der Waals surface area contributed by atoms with Crippen molar-refractivity contribution in [2.45, 2.75) is 6.92 Å². The van der Waals surface area contributed by atoms with Crippen LogP contribution in [0.15, 0.2) is 48.5 Å². The maximum atomic E-state index is 14.0. The molecule has 3 rings (SSSR count). The summed E-state index contributed by atoms with van der Waals surface area (Å²) in [5.74, 6) is -0.297. The quantitative estimate of drug-likeness (QED) is 0.666. The van der Waals surface area contributed by atoms with E-state index in [4.69, 9.17) is 5.73 Å². The lowest BCUT2D eigenvalue weighted by atomic mass is 10.1. The van der Waals surface area contributed by atoms with E-state index in [1.54, 1.807) is 13.0 Å². The number of aromatic nitrogens is 1. The number of benzene rings is 2. The van der Waals surface area contributed by atoms with Crippen molar-refractivity contribution < 1.29 is 4.39 Å². The number of halogens is 1. The summed E-state index contributed by atoms with van der Waals surface area (Å²) >= 11 is 0. The van der Waals surface area contributed by atoms with E-state index >= 15 is 0 Å². The molecular weight excluding hydrogens is 239 g/mol. The zero-order valence-electron chi connectivity index (χ0n) is 10.5. The molecule has 0 saturated heterocycles. The van der Waals surface area contributed by atoms with Crippen LogP contribution in [0.1, 0.15) is 5.56 Å². The average Bonchev–Trinajstić information content (AvgIpc) is 2.42. The Hall–Kier alpha value is -2.42. The Morgan fingerprint density at radius 3 is 2.68 bits per heavy atom. The molecule has 0 aliphatic heterocycles. The third-order valence-corrected chi connectivity index (χ3v) is 3.23. The summed E-state index contributed by atoms with van der Waals surface area (Å²) in [7, 11) is 0. The highest BCUT2D eigenvalue weighted by atomic mass is 19.1. The first-order valence-electron chi connectivity index (χ1n) is 6.07. The van der Waals surface area contributed by atoms with Crippen LogP contribution in [0.25, 0.3) is 22.2 Å². The number of hydrogen-bond donors (Lipinski definition) is 1. The van der Waals surface area contributed by atoms with Crippen molar-refractivity contribution in [1.82, 2.24) is 4.98 Å². The van der Waals surface area contributed by atoms with E-state index in [-0.39, 0.29) is 5.82 Å². The first kappa shape index (κ1) is 11.7. The number of fused-ring (bicyclic) bond motifs is 1. The molecule has 1 heterocycles. The molecule has 0 aliphatic carbocycles. The van der Waals surface area contributed by atoms with Gasteiger partial charge in [-0.05, 0) is 36.8 Å². The van der Waals surface area contributed by atoms with Crippen molar-refractivity contribution in [3.63, 3.8) is 0 Å². The first-order valence-corrected chi connectivity index (χ1v) is 6.07. The molecular formula is C16H13FN2. The number of rotatable bonds is 1. The van der Waals surface area contributed by atoms with Gasteiger partial charge in [0.2, 0.25) is 0 Å². The summed E-state index contributed by atoms with van der Waals surface area (Å²) in [4.78, 5) is 4.48. The lowest BCUT2D eigenvalue weighted by Crippen LogP contribution is -1.95. The van der Waals surface area contributed by atoms with Crippen LogP contribution < -0.4 is 5.73 Å². The smallest absolute Gasteiger partial charge is 0.133 e. The number of anilines is 1. The number of nitrogen functional groups attached to an aromatic ring is 1. The highest BCUT2D eigenvalue weighted by molar-refractivity contribution is 5.82. The van der Waals surface area contributed by atoms with Gasteiger partial charge in [-0.1, -0.05) is 24.3 Å². The van der Waals surface area contributed by atoms with Crippen molar-refractivity contribution >= 4 is 16.6 Å². The largest absolute Gasteiger partial charge is 0.398 e. The van der Waals surface area contributed by atoms with E-state index in [0.717, 1.165) is 16.5 Å². The summed E-state index contributed by atoms with van der Waals surface area (Å²) in [6, 6.07) is 14.6. The number of pyridine rings is 1. The number of hydrogen-bond acceptors (Lipinski definition) is 2. The highest BCUT2D eigenvalue weighted by Gasteiger charge is 2.09. The molecule has 0 unspecified atom stereocenters. The van der Waals surface area contributed by atoms with Crippen LogP contribution in [0.3, 0.4) is 0 Å². The molecule has 2 nitrogen and oxygen atoms in total. The van der Waals surface area contributed by atoms with E-state index in [2.05, 4.69) is 4.98 Å². The van der Waals surface area contributed by atoms with Gasteiger partial charge in [-0.25, -0.2) is 9.37 Å². The lowest BCUT2D eigenvalue weighted by molar-refractivity contribution is 0.630. The third-order valence-electron chi connectivity index (χ3n) is 3.23. The molecule has 2 N–H and O–H groups in total. The molecule has 0 saturated carbocycles. The van der Waals surface area contributed by atoms with Gasteiger partial charge in [0, 0.05) is 16.6 Å². The first-order chi connectivity index (χ1) is 9.15. The third kappa shape index (κ3) is 2.03. The van der Waals surface area contributed by atoms with Crippen LogP contribution in [-0.2, 0) is 0 Å². The maximum absolute atomic E-state index is 14.0. The Labute approximate surface area is 110 Å². The molecule has 19 heavy (non-hydrogen) atoms. The van der Waals surface area contributed by atoms with Gasteiger partial charge in [0.15, 0.2) is 0 Å². The minimum Gasteiger partial charge on any atom is -0.398 e. The maximum Gasteiger partial charge on any atom is 0.133 e. The van der Waals surface area contributed by atoms with Crippen LogP contribution >= 0.6 is 0 Å². The average molecular weight is 252 g/mol. The summed E-state index contributed by atoms with van der Waals surface area (Å²) in [6.07, 6.45) is 0. The van der Waals surface area contributed by atoms with Crippen molar-refractivity contribution in [2.24, 2.45) is 0 Å². The van der Waals surface area contributed by atoms with Gasteiger partial charge in [-0.2, -0.15) is 0 Å². The van der Waals surface area contributed by atoms with Crippen LogP contribution in [0.4, 0.5) is 10.1 Å². The van der Waals surface area contributed by atoms with Gasteiger partial charge in [0.1, 0.15) is 5.82 Å². The fourth-order valence-corrected chi connectivity index (χ4v) is 2.10. The van der Waals surface area contributed by atoms with Gasteiger partial charge < -0.3 is 5.73 Å². The van der Waals surface area contributed by atoms with Crippen LogP contribution in [0.2, 0.25) is 0 Å². The molecule has 0 fully saturated rings. The summed E-state index contributed by atoms with van der Waals surface area (Å²) < 4.78 is 14.0. The zero-order chi connectivity index (χ0) is 13.4. The van der Waals surface area contributed by atoms with E-state index in [1.807, 2.05) is 36.4 Å². The normalized spacial score (nSPS) is 10.8. The second kappa shape index (κ2) is 4.35. The molecule has 1 aromatic heterocycles. The fraction of sp³-hybridized carbons (Fsp3) is 0.0625. The molecule has 2 aromatic carbocycles. The molecule has 0 aliphatic rings. The van der Waals surface area contributed by atoms with Crippen molar-refractivity contribution in [3.8, 4) is 11.3 Å². The van der Waals surface area contributed by atoms with Crippen molar-refractivity contribution in [1.29, 1.82) is 0 Å². The summed E-state index contributed by atoms with van der Waals surface area (Å²) in [5, 5.41) is 1.03. The number of aryl methyl sites for hydroxylation is 1. The van der Waals surface area contributed by atoms with Crippen molar-refractivity contribution in [3.05, 3.63) is 59.9 Å². The Balaban J connectivity index is 2.21. The molecule has 0 bridgehead atoms.